The van der Waals surface area contributed by atoms with Gasteiger partial charge in [-0.1, -0.05) is 71.4 Å². The van der Waals surface area contributed by atoms with Crippen LogP contribution in [0.25, 0.3) is 28.5 Å². The molecule has 8 heteroatoms. The number of aryl methyl sites for hydroxylation is 1. The zero-order valence-corrected chi connectivity index (χ0v) is 25.8. The second-order valence-electron chi connectivity index (χ2n) is 9.76. The number of nitrogens with one attached hydrogen (secondary N) is 1. The van der Waals surface area contributed by atoms with Crippen molar-refractivity contribution in [2.45, 2.75) is 24.1 Å². The molecule has 0 saturated carbocycles. The maximum atomic E-state index is 13.2. The minimum absolute atomic E-state index is 0.116. The molecule has 2 aromatic heterocycles. The Morgan fingerprint density at radius 3 is 2.35 bits per heavy atom. The number of benzene rings is 3. The van der Waals surface area contributed by atoms with Gasteiger partial charge in [0.25, 0.3) is 0 Å². The SMILES string of the molecule is Cc1ccc(-c2cc(-c3ccc(Cl)cc3)nc(S[C@@H](C)C(=O)Nc3ccc(C(=O)/C=C/c4cccs4)cc3)c2C#N)cc1. The van der Waals surface area contributed by atoms with E-state index < -0.39 is 5.25 Å². The third-order valence-corrected chi connectivity index (χ3v) is 8.81. The molecule has 0 radical (unpaired) electrons. The zero-order chi connectivity index (χ0) is 30.3. The number of hydrogen-bond acceptors (Lipinski definition) is 6. The number of carbonyl (C=O) groups excluding carboxylic acids is 2. The molecule has 0 unspecified atom stereocenters. The molecular weight excluding hydrogens is 594 g/mol. The van der Waals surface area contributed by atoms with E-state index in [2.05, 4.69) is 11.4 Å². The molecule has 2 heterocycles. The maximum absolute atomic E-state index is 13.2. The van der Waals surface area contributed by atoms with Gasteiger partial charge in [0.2, 0.25) is 5.91 Å². The summed E-state index contributed by atoms with van der Waals surface area (Å²) in [5.41, 5.74) is 5.77. The second-order valence-corrected chi connectivity index (χ2v) is 12.5. The molecule has 0 aliphatic heterocycles. The first-order chi connectivity index (χ1) is 20.8. The number of aromatic nitrogens is 1. The third kappa shape index (κ3) is 7.49. The van der Waals surface area contributed by atoms with Crippen molar-refractivity contribution < 1.29 is 9.59 Å². The summed E-state index contributed by atoms with van der Waals surface area (Å²) in [6.45, 7) is 3.79. The van der Waals surface area contributed by atoms with Crippen LogP contribution in [-0.2, 0) is 4.79 Å². The van der Waals surface area contributed by atoms with Gasteiger partial charge in [-0.15, -0.1) is 11.3 Å². The van der Waals surface area contributed by atoms with Crippen molar-refractivity contribution in [1.29, 1.82) is 5.26 Å². The molecule has 1 atom stereocenters. The van der Waals surface area contributed by atoms with Gasteiger partial charge in [0.1, 0.15) is 11.1 Å². The van der Waals surface area contributed by atoms with E-state index in [9.17, 15) is 14.9 Å². The van der Waals surface area contributed by atoms with Crippen LogP contribution < -0.4 is 5.32 Å². The summed E-state index contributed by atoms with van der Waals surface area (Å²) >= 11 is 8.90. The van der Waals surface area contributed by atoms with Crippen LogP contribution in [0.2, 0.25) is 5.02 Å². The van der Waals surface area contributed by atoms with Crippen molar-refractivity contribution in [3.8, 4) is 28.5 Å². The fourth-order valence-corrected chi connectivity index (χ4v) is 5.94. The van der Waals surface area contributed by atoms with Gasteiger partial charge in [0.15, 0.2) is 5.78 Å². The smallest absolute Gasteiger partial charge is 0.237 e. The summed E-state index contributed by atoms with van der Waals surface area (Å²) in [5, 5.41) is 15.6. The van der Waals surface area contributed by atoms with E-state index in [0.29, 0.717) is 32.6 Å². The van der Waals surface area contributed by atoms with E-state index in [0.717, 1.165) is 27.1 Å². The largest absolute Gasteiger partial charge is 0.325 e. The lowest BCUT2D eigenvalue weighted by molar-refractivity contribution is -0.115. The van der Waals surface area contributed by atoms with E-state index >= 15 is 0 Å². The Morgan fingerprint density at radius 1 is 1.00 bits per heavy atom. The quantitative estimate of drug-likeness (QED) is 0.101. The molecule has 0 aliphatic rings. The number of anilines is 1. The summed E-state index contributed by atoms with van der Waals surface area (Å²) in [5.74, 6) is -0.364. The predicted octanol–water partition coefficient (Wildman–Crippen LogP) is 9.33. The average molecular weight is 620 g/mol. The van der Waals surface area contributed by atoms with Crippen molar-refractivity contribution in [2.24, 2.45) is 0 Å². The first kappa shape index (κ1) is 30.0. The number of hydrogen-bond donors (Lipinski definition) is 1. The normalized spacial score (nSPS) is 11.7. The van der Waals surface area contributed by atoms with Crippen LogP contribution in [0.4, 0.5) is 5.69 Å². The Balaban J connectivity index is 1.37. The summed E-state index contributed by atoms with van der Waals surface area (Å²) in [4.78, 5) is 31.6. The fraction of sp³-hybridized carbons (Fsp3) is 0.0857. The number of carbonyl (C=O) groups is 2. The van der Waals surface area contributed by atoms with E-state index in [4.69, 9.17) is 16.6 Å². The number of amides is 1. The van der Waals surface area contributed by atoms with Crippen LogP contribution in [0.3, 0.4) is 0 Å². The highest BCUT2D eigenvalue weighted by molar-refractivity contribution is 8.00. The lowest BCUT2D eigenvalue weighted by atomic mass is 9.98. The van der Waals surface area contributed by atoms with Gasteiger partial charge in [0.05, 0.1) is 16.5 Å². The number of thiophene rings is 1. The van der Waals surface area contributed by atoms with E-state index in [-0.39, 0.29) is 11.7 Å². The summed E-state index contributed by atoms with van der Waals surface area (Å²) in [6, 6.07) is 30.2. The highest BCUT2D eigenvalue weighted by Crippen LogP contribution is 2.36. The Kier molecular flexibility index (Phi) is 9.53. The average Bonchev–Trinajstić information content (AvgIpc) is 3.54. The Bertz CT molecular complexity index is 1830. The van der Waals surface area contributed by atoms with E-state index in [1.807, 2.05) is 66.9 Å². The topological polar surface area (TPSA) is 82.8 Å². The molecule has 1 amide bonds. The molecular formula is C35H26ClN3O2S2. The van der Waals surface area contributed by atoms with Crippen LogP contribution in [-0.4, -0.2) is 21.9 Å². The molecule has 5 rings (SSSR count). The molecule has 5 nitrogen and oxygen atoms in total. The van der Waals surface area contributed by atoms with Gasteiger partial charge in [-0.3, -0.25) is 9.59 Å². The molecule has 0 bridgehead atoms. The molecule has 0 spiro atoms. The van der Waals surface area contributed by atoms with Crippen molar-refractivity contribution in [2.75, 3.05) is 5.32 Å². The lowest BCUT2D eigenvalue weighted by Gasteiger charge is -2.16. The Hall–Kier alpha value is -4.48. The van der Waals surface area contributed by atoms with Crippen molar-refractivity contribution in [1.82, 2.24) is 4.98 Å². The number of halogens is 1. The van der Waals surface area contributed by atoms with Crippen LogP contribution in [0, 0.1) is 18.3 Å². The molecule has 5 aromatic rings. The number of rotatable bonds is 9. The number of nitriles is 1. The maximum Gasteiger partial charge on any atom is 0.237 e. The molecule has 212 valence electrons. The Morgan fingerprint density at radius 2 is 1.70 bits per heavy atom. The van der Waals surface area contributed by atoms with Crippen LogP contribution in [0.1, 0.15) is 33.3 Å². The van der Waals surface area contributed by atoms with Gasteiger partial charge in [-0.2, -0.15) is 5.26 Å². The van der Waals surface area contributed by atoms with Gasteiger partial charge >= 0.3 is 0 Å². The zero-order valence-electron chi connectivity index (χ0n) is 23.4. The van der Waals surface area contributed by atoms with Gasteiger partial charge < -0.3 is 5.32 Å². The number of nitrogens with zero attached hydrogens (tertiary/aromatic N) is 2. The minimum Gasteiger partial charge on any atom is -0.325 e. The second kappa shape index (κ2) is 13.7. The van der Waals surface area contributed by atoms with Crippen molar-refractivity contribution >= 4 is 58.2 Å². The lowest BCUT2D eigenvalue weighted by Crippen LogP contribution is -2.22. The van der Waals surface area contributed by atoms with Gasteiger partial charge in [0, 0.05) is 32.3 Å². The predicted molar refractivity (Wildman–Crippen MR) is 178 cm³/mol. The first-order valence-electron chi connectivity index (χ1n) is 13.4. The third-order valence-electron chi connectivity index (χ3n) is 6.64. The van der Waals surface area contributed by atoms with Crippen molar-refractivity contribution in [3.63, 3.8) is 0 Å². The monoisotopic (exact) mass is 619 g/mol. The number of allylic oxidation sites excluding steroid dienone is 1. The summed E-state index contributed by atoms with van der Waals surface area (Å²) in [6.07, 6.45) is 3.33. The number of pyridine rings is 1. The Labute approximate surface area is 263 Å². The molecule has 43 heavy (non-hydrogen) atoms. The molecule has 0 aliphatic carbocycles. The van der Waals surface area contributed by atoms with Crippen LogP contribution in [0.5, 0.6) is 0 Å². The standard InChI is InChI=1S/C35H26ClN3O2S2/c1-22-5-7-24(8-6-22)30-20-32(25-9-13-27(36)14-10-25)39-35(31(30)21-37)43-23(2)34(41)38-28-15-11-26(12-16-28)33(40)18-17-29-4-3-19-42-29/h3-20,23H,1-2H3,(H,38,41)/b18-17+/t23-/m0/s1. The number of thioether (sulfide) groups is 1. The van der Waals surface area contributed by atoms with E-state index in [1.54, 1.807) is 66.8 Å². The summed E-state index contributed by atoms with van der Waals surface area (Å²) < 4.78 is 0. The van der Waals surface area contributed by atoms with E-state index in [1.165, 1.54) is 11.8 Å². The number of ketones is 1. The first-order valence-corrected chi connectivity index (χ1v) is 15.6. The highest BCUT2D eigenvalue weighted by atomic mass is 35.5. The molecule has 0 saturated heterocycles. The molecule has 1 N–H and O–H groups in total. The van der Waals surface area contributed by atoms with Crippen molar-refractivity contribution in [3.05, 3.63) is 129 Å². The van der Waals surface area contributed by atoms with Crippen LogP contribution in [0.15, 0.2) is 107 Å². The van der Waals surface area contributed by atoms with Gasteiger partial charge in [-0.05, 0) is 85.5 Å². The molecule has 0 fully saturated rings. The highest BCUT2D eigenvalue weighted by Gasteiger charge is 2.22. The van der Waals surface area contributed by atoms with Gasteiger partial charge in [-0.25, -0.2) is 4.98 Å². The van der Waals surface area contributed by atoms with Crippen LogP contribution >= 0.6 is 34.7 Å². The fourth-order valence-electron chi connectivity index (χ4n) is 4.27. The summed E-state index contributed by atoms with van der Waals surface area (Å²) in [7, 11) is 0. The molecule has 3 aromatic carbocycles. The minimum atomic E-state index is -0.569.